The Morgan fingerprint density at radius 3 is 2.54 bits per heavy atom. The fourth-order valence-corrected chi connectivity index (χ4v) is 2.99. The highest BCUT2D eigenvalue weighted by Crippen LogP contribution is 2.18. The Bertz CT molecular complexity index is 907. The van der Waals surface area contributed by atoms with Crippen LogP contribution in [0.3, 0.4) is 0 Å². The van der Waals surface area contributed by atoms with E-state index in [2.05, 4.69) is 33.2 Å². The van der Waals surface area contributed by atoms with E-state index in [1.165, 1.54) is 0 Å². The van der Waals surface area contributed by atoms with E-state index in [-0.39, 0.29) is 12.2 Å². The minimum absolute atomic E-state index is 0.155. The number of rotatable bonds is 4. The number of aryl methyl sites for hydroxylation is 1. The second-order valence-electron chi connectivity index (χ2n) is 5.82. The van der Waals surface area contributed by atoms with Crippen molar-refractivity contribution in [1.29, 1.82) is 0 Å². The summed E-state index contributed by atoms with van der Waals surface area (Å²) in [7, 11) is 0. The molecular formula is C19H16IN3O3. The van der Waals surface area contributed by atoms with E-state index < -0.39 is 17.8 Å². The Morgan fingerprint density at radius 2 is 1.85 bits per heavy atom. The Morgan fingerprint density at radius 1 is 1.15 bits per heavy atom. The van der Waals surface area contributed by atoms with Gasteiger partial charge in [-0.3, -0.25) is 9.59 Å². The van der Waals surface area contributed by atoms with Gasteiger partial charge in [0, 0.05) is 9.26 Å². The topological polar surface area (TPSA) is 78.5 Å². The van der Waals surface area contributed by atoms with Gasteiger partial charge in [0.1, 0.15) is 12.2 Å². The molecule has 0 spiro atoms. The highest BCUT2D eigenvalue weighted by molar-refractivity contribution is 14.1. The van der Waals surface area contributed by atoms with Gasteiger partial charge < -0.3 is 10.6 Å². The van der Waals surface area contributed by atoms with Gasteiger partial charge in [0.15, 0.2) is 0 Å². The fourth-order valence-electron chi connectivity index (χ4n) is 2.44. The number of halogens is 1. The van der Waals surface area contributed by atoms with Crippen molar-refractivity contribution in [3.05, 3.63) is 68.9 Å². The van der Waals surface area contributed by atoms with E-state index in [1.807, 2.05) is 43.3 Å². The van der Waals surface area contributed by atoms with Gasteiger partial charge in [0.05, 0.1) is 0 Å². The molecule has 2 aromatic carbocycles. The summed E-state index contributed by atoms with van der Waals surface area (Å²) in [6, 6.07) is 14.2. The van der Waals surface area contributed by atoms with Crippen LogP contribution in [0.5, 0.6) is 0 Å². The van der Waals surface area contributed by atoms with E-state index >= 15 is 0 Å². The summed E-state index contributed by atoms with van der Waals surface area (Å²) in [6.07, 6.45) is 1.61. The predicted molar refractivity (Wildman–Crippen MR) is 107 cm³/mol. The van der Waals surface area contributed by atoms with E-state index in [0.29, 0.717) is 5.69 Å². The summed E-state index contributed by atoms with van der Waals surface area (Å²) in [5, 5.41) is 5.20. The van der Waals surface area contributed by atoms with Crippen LogP contribution in [0, 0.1) is 10.5 Å². The Balaban J connectivity index is 1.70. The zero-order valence-electron chi connectivity index (χ0n) is 14.0. The molecule has 0 aromatic heterocycles. The normalized spacial score (nSPS) is 15.3. The van der Waals surface area contributed by atoms with Crippen LogP contribution in [0.2, 0.25) is 0 Å². The number of nitrogens with one attached hydrogen (secondary N) is 2. The van der Waals surface area contributed by atoms with Crippen LogP contribution in [0.4, 0.5) is 10.5 Å². The molecule has 1 heterocycles. The Kier molecular flexibility index (Phi) is 5.36. The summed E-state index contributed by atoms with van der Waals surface area (Å²) >= 11 is 2.15. The van der Waals surface area contributed by atoms with Crippen LogP contribution in [0.15, 0.2) is 54.2 Å². The molecule has 0 radical (unpaired) electrons. The molecule has 0 saturated carbocycles. The number of benzene rings is 2. The predicted octanol–water partition coefficient (Wildman–Crippen LogP) is 3.13. The fraction of sp³-hybridized carbons (Fsp3) is 0.105. The number of carbonyl (C=O) groups is 3. The number of hydrogen-bond acceptors (Lipinski definition) is 3. The molecule has 2 aromatic rings. The molecule has 7 heteroatoms. The molecule has 1 aliphatic rings. The lowest BCUT2D eigenvalue weighted by Gasteiger charge is -2.12. The van der Waals surface area contributed by atoms with Crippen LogP contribution in [-0.4, -0.2) is 29.3 Å². The first-order valence-electron chi connectivity index (χ1n) is 7.89. The van der Waals surface area contributed by atoms with E-state index in [0.717, 1.165) is 19.6 Å². The summed E-state index contributed by atoms with van der Waals surface area (Å²) in [5.41, 5.74) is 2.66. The lowest BCUT2D eigenvalue weighted by molar-refractivity contribution is -0.127. The number of urea groups is 1. The molecule has 2 N–H and O–H groups in total. The molecule has 4 amide bonds. The third-order valence-electron chi connectivity index (χ3n) is 3.80. The molecule has 132 valence electrons. The zero-order valence-corrected chi connectivity index (χ0v) is 16.1. The average molecular weight is 461 g/mol. The molecule has 0 atom stereocenters. The number of nitrogens with zero attached hydrogens (tertiary/aromatic N) is 1. The first-order chi connectivity index (χ1) is 12.4. The van der Waals surface area contributed by atoms with Crippen LogP contribution < -0.4 is 10.6 Å². The highest BCUT2D eigenvalue weighted by atomic mass is 127. The summed E-state index contributed by atoms with van der Waals surface area (Å²) in [5.74, 6) is -0.957. The molecule has 26 heavy (non-hydrogen) atoms. The van der Waals surface area contributed by atoms with Crippen LogP contribution in [0.1, 0.15) is 11.1 Å². The van der Waals surface area contributed by atoms with Gasteiger partial charge in [0.25, 0.3) is 5.91 Å². The first-order valence-corrected chi connectivity index (χ1v) is 8.97. The summed E-state index contributed by atoms with van der Waals surface area (Å²) in [6.45, 7) is 1.60. The second kappa shape index (κ2) is 7.69. The number of anilines is 1. The number of amides is 4. The van der Waals surface area contributed by atoms with Crippen LogP contribution >= 0.6 is 22.6 Å². The SMILES string of the molecule is Cc1ccc(NC(=O)CN2C(=O)N/C(=C\c3ccccc3I)C2=O)cc1. The standard InChI is InChI=1S/C19H16IN3O3/c1-12-6-8-14(9-7-12)21-17(24)11-23-18(25)16(22-19(23)26)10-13-4-2-3-5-15(13)20/h2-10H,11H2,1H3,(H,21,24)(H,22,26)/b16-10-. The van der Waals surface area contributed by atoms with E-state index in [9.17, 15) is 14.4 Å². The van der Waals surface area contributed by atoms with E-state index in [4.69, 9.17) is 0 Å². The number of imide groups is 1. The maximum Gasteiger partial charge on any atom is 0.329 e. The van der Waals surface area contributed by atoms with Gasteiger partial charge in [-0.25, -0.2) is 9.69 Å². The van der Waals surface area contributed by atoms with Crippen LogP contribution in [-0.2, 0) is 9.59 Å². The molecule has 0 bridgehead atoms. The van der Waals surface area contributed by atoms with Crippen molar-refractivity contribution >= 4 is 52.2 Å². The van der Waals surface area contributed by atoms with Crippen molar-refractivity contribution in [3.8, 4) is 0 Å². The summed E-state index contributed by atoms with van der Waals surface area (Å²) in [4.78, 5) is 37.6. The minimum Gasteiger partial charge on any atom is -0.325 e. The monoisotopic (exact) mass is 461 g/mol. The van der Waals surface area contributed by atoms with Gasteiger partial charge in [-0.15, -0.1) is 0 Å². The van der Waals surface area contributed by atoms with Crippen LogP contribution in [0.25, 0.3) is 6.08 Å². The molecule has 6 nitrogen and oxygen atoms in total. The first kappa shape index (κ1) is 18.1. The molecule has 0 unspecified atom stereocenters. The van der Waals surface area contributed by atoms with Crippen molar-refractivity contribution in [2.75, 3.05) is 11.9 Å². The highest BCUT2D eigenvalue weighted by Gasteiger charge is 2.34. The third kappa shape index (κ3) is 4.10. The number of hydrogen-bond donors (Lipinski definition) is 2. The molecule has 1 aliphatic heterocycles. The second-order valence-corrected chi connectivity index (χ2v) is 6.98. The summed E-state index contributed by atoms with van der Waals surface area (Å²) < 4.78 is 0.954. The lowest BCUT2D eigenvalue weighted by atomic mass is 10.2. The van der Waals surface area contributed by atoms with Crippen molar-refractivity contribution in [2.24, 2.45) is 0 Å². The molecule has 0 aliphatic carbocycles. The smallest absolute Gasteiger partial charge is 0.325 e. The van der Waals surface area contributed by atoms with Gasteiger partial charge in [-0.1, -0.05) is 35.9 Å². The van der Waals surface area contributed by atoms with Gasteiger partial charge in [0.2, 0.25) is 5.91 Å². The molecule has 1 fully saturated rings. The molecule has 1 saturated heterocycles. The van der Waals surface area contributed by atoms with Crippen molar-refractivity contribution in [2.45, 2.75) is 6.92 Å². The largest absolute Gasteiger partial charge is 0.329 e. The van der Waals surface area contributed by atoms with E-state index in [1.54, 1.807) is 18.2 Å². The Labute approximate surface area is 164 Å². The maximum absolute atomic E-state index is 12.5. The van der Waals surface area contributed by atoms with Crippen molar-refractivity contribution in [3.63, 3.8) is 0 Å². The maximum atomic E-state index is 12.5. The molecule has 3 rings (SSSR count). The van der Waals surface area contributed by atoms with Gasteiger partial charge in [-0.05, 0) is 59.4 Å². The van der Waals surface area contributed by atoms with Crippen molar-refractivity contribution < 1.29 is 14.4 Å². The quantitative estimate of drug-likeness (QED) is 0.418. The average Bonchev–Trinajstić information content (AvgIpc) is 2.86. The van der Waals surface area contributed by atoms with Gasteiger partial charge in [-0.2, -0.15) is 0 Å². The lowest BCUT2D eigenvalue weighted by Crippen LogP contribution is -2.38. The molecular weight excluding hydrogens is 445 g/mol. The minimum atomic E-state index is -0.605. The zero-order chi connectivity index (χ0) is 18.7. The Hall–Kier alpha value is -2.68. The number of carbonyl (C=O) groups excluding carboxylic acids is 3. The van der Waals surface area contributed by atoms with Crippen molar-refractivity contribution in [1.82, 2.24) is 10.2 Å². The van der Waals surface area contributed by atoms with Gasteiger partial charge >= 0.3 is 6.03 Å². The third-order valence-corrected chi connectivity index (χ3v) is 4.79.